The van der Waals surface area contributed by atoms with E-state index in [4.69, 9.17) is 5.73 Å². The Hall–Kier alpha value is -0.780. The molecule has 0 spiro atoms. The van der Waals surface area contributed by atoms with Crippen LogP contribution in [0.2, 0.25) is 0 Å². The highest BCUT2D eigenvalue weighted by molar-refractivity contribution is 7.90. The van der Waals surface area contributed by atoms with E-state index in [1.165, 1.54) is 38.4 Å². The van der Waals surface area contributed by atoms with Crippen molar-refractivity contribution in [1.29, 1.82) is 0 Å². The van der Waals surface area contributed by atoms with Crippen molar-refractivity contribution in [3.8, 4) is 0 Å². The molecule has 0 unspecified atom stereocenters. The van der Waals surface area contributed by atoms with Crippen LogP contribution in [0.5, 0.6) is 0 Å². The van der Waals surface area contributed by atoms with Gasteiger partial charge in [0.05, 0.1) is 5.75 Å². The number of nitrogens with zero attached hydrogens (tertiary/aromatic N) is 1. The zero-order chi connectivity index (χ0) is 14.6. The van der Waals surface area contributed by atoms with Gasteiger partial charge in [0.15, 0.2) is 5.96 Å². The van der Waals surface area contributed by atoms with E-state index in [9.17, 15) is 8.42 Å². The van der Waals surface area contributed by atoms with Gasteiger partial charge < -0.3 is 11.1 Å². The van der Waals surface area contributed by atoms with Crippen molar-refractivity contribution in [3.05, 3.63) is 0 Å². The van der Waals surface area contributed by atoms with Gasteiger partial charge in [-0.25, -0.2) is 8.42 Å². The van der Waals surface area contributed by atoms with E-state index in [0.717, 1.165) is 13.0 Å². The SMILES string of the molecule is CCCCCCCCNC(N)=NCCCS(C)(=O)=O. The largest absolute Gasteiger partial charge is 0.370 e. The predicted molar refractivity (Wildman–Crippen MR) is 82.2 cm³/mol. The molecule has 3 N–H and O–H groups in total. The third kappa shape index (κ3) is 15.2. The lowest BCUT2D eigenvalue weighted by Crippen LogP contribution is -2.32. The summed E-state index contributed by atoms with van der Waals surface area (Å²) >= 11 is 0. The van der Waals surface area contributed by atoms with Crippen molar-refractivity contribution in [1.82, 2.24) is 5.32 Å². The minimum Gasteiger partial charge on any atom is -0.370 e. The fourth-order valence-electron chi connectivity index (χ4n) is 1.70. The Bertz CT molecular complexity index is 340. The van der Waals surface area contributed by atoms with E-state index in [1.54, 1.807) is 0 Å². The van der Waals surface area contributed by atoms with Gasteiger partial charge >= 0.3 is 0 Å². The van der Waals surface area contributed by atoms with Gasteiger partial charge in [-0.1, -0.05) is 39.0 Å². The van der Waals surface area contributed by atoms with Gasteiger partial charge in [-0.05, 0) is 12.8 Å². The lowest BCUT2D eigenvalue weighted by atomic mass is 10.1. The van der Waals surface area contributed by atoms with Crippen LogP contribution in [-0.4, -0.2) is 39.5 Å². The Morgan fingerprint density at radius 1 is 1.11 bits per heavy atom. The molecule has 0 saturated carbocycles. The van der Waals surface area contributed by atoms with E-state index in [1.807, 2.05) is 0 Å². The highest BCUT2D eigenvalue weighted by Gasteiger charge is 2.00. The molecule has 0 saturated heterocycles. The number of aliphatic imine (C=N–C) groups is 1. The molecule has 0 aliphatic heterocycles. The lowest BCUT2D eigenvalue weighted by molar-refractivity contribution is 0.598. The maximum atomic E-state index is 10.9. The Kier molecular flexibility index (Phi) is 10.6. The number of sulfone groups is 1. The number of hydrogen-bond acceptors (Lipinski definition) is 3. The second kappa shape index (κ2) is 11.1. The first kappa shape index (κ1) is 18.2. The van der Waals surface area contributed by atoms with Gasteiger partial charge in [0.1, 0.15) is 9.84 Å². The molecule has 6 heteroatoms. The summed E-state index contributed by atoms with van der Waals surface area (Å²) < 4.78 is 21.8. The van der Waals surface area contributed by atoms with Crippen molar-refractivity contribution >= 4 is 15.8 Å². The molecule has 0 aromatic rings. The van der Waals surface area contributed by atoms with Crippen molar-refractivity contribution < 1.29 is 8.42 Å². The summed E-state index contributed by atoms with van der Waals surface area (Å²) in [7, 11) is -2.88. The van der Waals surface area contributed by atoms with E-state index in [2.05, 4.69) is 17.2 Å². The molecule has 0 aliphatic carbocycles. The van der Waals surface area contributed by atoms with Gasteiger partial charge in [-0.3, -0.25) is 4.99 Å². The van der Waals surface area contributed by atoms with E-state index in [-0.39, 0.29) is 5.75 Å². The first-order valence-corrected chi connectivity index (χ1v) is 9.23. The standard InChI is InChI=1S/C13H29N3O2S/c1-3-4-5-6-7-8-10-15-13(14)16-11-9-12-19(2,17)18/h3-12H2,1-2H3,(H3,14,15,16). The van der Waals surface area contributed by atoms with E-state index >= 15 is 0 Å². The summed E-state index contributed by atoms with van der Waals surface area (Å²) in [6.45, 7) is 3.51. The summed E-state index contributed by atoms with van der Waals surface area (Å²) in [4.78, 5) is 4.09. The molecule has 19 heavy (non-hydrogen) atoms. The number of nitrogens with two attached hydrogens (primary N) is 1. The molecule has 0 fully saturated rings. The number of unbranched alkanes of at least 4 members (excludes halogenated alkanes) is 5. The summed E-state index contributed by atoms with van der Waals surface area (Å²) in [5.74, 6) is 0.586. The number of hydrogen-bond donors (Lipinski definition) is 2. The molecule has 0 aliphatic rings. The van der Waals surface area contributed by atoms with Crippen LogP contribution < -0.4 is 11.1 Å². The zero-order valence-corrected chi connectivity index (χ0v) is 13.1. The van der Waals surface area contributed by atoms with Gasteiger partial charge in [0, 0.05) is 19.3 Å². The van der Waals surface area contributed by atoms with Crippen LogP contribution >= 0.6 is 0 Å². The summed E-state index contributed by atoms with van der Waals surface area (Å²) in [5.41, 5.74) is 5.68. The van der Waals surface area contributed by atoms with Crippen LogP contribution in [0.25, 0.3) is 0 Å². The monoisotopic (exact) mass is 291 g/mol. The lowest BCUT2D eigenvalue weighted by Gasteiger charge is -2.05. The first-order valence-electron chi connectivity index (χ1n) is 7.17. The molecule has 0 radical (unpaired) electrons. The molecular weight excluding hydrogens is 262 g/mol. The Morgan fingerprint density at radius 3 is 2.37 bits per heavy atom. The minimum absolute atomic E-state index is 0.168. The number of rotatable bonds is 11. The van der Waals surface area contributed by atoms with Gasteiger partial charge in [-0.2, -0.15) is 0 Å². The Labute approximate surface area is 118 Å². The summed E-state index contributed by atoms with van der Waals surface area (Å²) in [6.07, 6.45) is 9.25. The number of nitrogens with one attached hydrogen (secondary N) is 1. The normalized spacial score (nSPS) is 12.6. The van der Waals surface area contributed by atoms with Crippen molar-refractivity contribution in [2.45, 2.75) is 51.9 Å². The summed E-state index contributed by atoms with van der Waals surface area (Å²) in [5, 5.41) is 3.05. The fourth-order valence-corrected chi connectivity index (χ4v) is 2.36. The molecule has 0 amide bonds. The third-order valence-corrected chi connectivity index (χ3v) is 3.82. The van der Waals surface area contributed by atoms with Gasteiger partial charge in [0.2, 0.25) is 0 Å². The van der Waals surface area contributed by atoms with Crippen LogP contribution in [0, 0.1) is 0 Å². The second-order valence-corrected chi connectivity index (χ2v) is 7.20. The van der Waals surface area contributed by atoms with Crippen molar-refractivity contribution in [2.24, 2.45) is 10.7 Å². The van der Waals surface area contributed by atoms with Crippen molar-refractivity contribution in [2.75, 3.05) is 25.1 Å². The van der Waals surface area contributed by atoms with Gasteiger partial charge in [0.25, 0.3) is 0 Å². The molecule has 0 aromatic heterocycles. The maximum absolute atomic E-state index is 10.9. The van der Waals surface area contributed by atoms with Crippen LogP contribution in [0.1, 0.15) is 51.9 Å². The van der Waals surface area contributed by atoms with Crippen LogP contribution in [-0.2, 0) is 9.84 Å². The molecule has 0 bridgehead atoms. The predicted octanol–water partition coefficient (Wildman–Crippen LogP) is 1.69. The third-order valence-electron chi connectivity index (χ3n) is 2.79. The molecule has 0 aromatic carbocycles. The molecule has 114 valence electrons. The minimum atomic E-state index is -2.88. The Morgan fingerprint density at radius 2 is 1.74 bits per heavy atom. The molecule has 0 heterocycles. The van der Waals surface area contributed by atoms with Crippen LogP contribution in [0.15, 0.2) is 4.99 Å². The average molecular weight is 291 g/mol. The first-order chi connectivity index (χ1) is 8.95. The summed E-state index contributed by atoms with van der Waals surface area (Å²) in [6, 6.07) is 0. The van der Waals surface area contributed by atoms with Crippen LogP contribution in [0.4, 0.5) is 0 Å². The molecule has 0 atom stereocenters. The molecule has 0 rings (SSSR count). The molecular formula is C13H29N3O2S. The van der Waals surface area contributed by atoms with Gasteiger partial charge in [-0.15, -0.1) is 0 Å². The van der Waals surface area contributed by atoms with E-state index in [0.29, 0.717) is 18.9 Å². The fraction of sp³-hybridized carbons (Fsp3) is 0.923. The number of guanidine groups is 1. The molecule has 5 nitrogen and oxygen atoms in total. The zero-order valence-electron chi connectivity index (χ0n) is 12.3. The quantitative estimate of drug-likeness (QED) is 0.345. The van der Waals surface area contributed by atoms with E-state index < -0.39 is 9.84 Å². The highest BCUT2D eigenvalue weighted by Crippen LogP contribution is 2.03. The average Bonchev–Trinajstić information content (AvgIpc) is 2.32. The maximum Gasteiger partial charge on any atom is 0.188 e. The highest BCUT2D eigenvalue weighted by atomic mass is 32.2. The second-order valence-electron chi connectivity index (χ2n) is 4.94. The van der Waals surface area contributed by atoms with Crippen molar-refractivity contribution in [3.63, 3.8) is 0 Å². The topological polar surface area (TPSA) is 84.5 Å². The smallest absolute Gasteiger partial charge is 0.188 e. The van der Waals surface area contributed by atoms with Crippen LogP contribution in [0.3, 0.4) is 0 Å². The Balaban J connectivity index is 3.44.